The van der Waals surface area contributed by atoms with E-state index in [0.717, 1.165) is 12.8 Å². The number of rotatable bonds is 4. The molecule has 1 aliphatic rings. The lowest BCUT2D eigenvalue weighted by Gasteiger charge is -2.15. The van der Waals surface area contributed by atoms with Crippen LogP contribution in [0.25, 0.3) is 0 Å². The molecule has 1 aromatic carbocycles. The average molecular weight is 298 g/mol. The summed E-state index contributed by atoms with van der Waals surface area (Å²) in [6.45, 7) is 3.85. The van der Waals surface area contributed by atoms with Gasteiger partial charge in [0.25, 0.3) is 0 Å². The van der Waals surface area contributed by atoms with E-state index in [1.807, 2.05) is 0 Å². The van der Waals surface area contributed by atoms with E-state index in [0.29, 0.717) is 29.8 Å². The van der Waals surface area contributed by atoms with Crippen LogP contribution in [-0.4, -0.2) is 26.2 Å². The highest BCUT2D eigenvalue weighted by Crippen LogP contribution is 2.27. The van der Waals surface area contributed by atoms with Gasteiger partial charge >= 0.3 is 0 Å². The van der Waals surface area contributed by atoms with Gasteiger partial charge in [0.2, 0.25) is 10.0 Å². The lowest BCUT2D eigenvalue weighted by molar-refractivity contribution is 0.178. The summed E-state index contributed by atoms with van der Waals surface area (Å²) in [5.74, 6) is 0.210. The second-order valence-corrected chi connectivity index (χ2v) is 7.31. The molecule has 6 heteroatoms. The molecule has 2 atom stereocenters. The number of sulfonamides is 1. The van der Waals surface area contributed by atoms with E-state index in [1.54, 1.807) is 26.0 Å². The van der Waals surface area contributed by atoms with Crippen molar-refractivity contribution in [3.8, 4) is 0 Å². The Bertz CT molecular complexity index is 599. The summed E-state index contributed by atoms with van der Waals surface area (Å²) < 4.78 is 27.5. The number of aryl methyl sites for hydroxylation is 1. The first-order chi connectivity index (χ1) is 9.31. The van der Waals surface area contributed by atoms with Gasteiger partial charge in [0.05, 0.1) is 11.0 Å². The first-order valence-corrected chi connectivity index (χ1v) is 8.33. The molecule has 4 N–H and O–H groups in total. The van der Waals surface area contributed by atoms with E-state index in [9.17, 15) is 13.5 Å². The number of hydrogen-bond donors (Lipinski definition) is 3. The van der Waals surface area contributed by atoms with E-state index in [-0.39, 0.29) is 16.9 Å². The van der Waals surface area contributed by atoms with Crippen molar-refractivity contribution in [2.45, 2.75) is 44.1 Å². The number of nitrogen functional groups attached to an aromatic ring is 1. The smallest absolute Gasteiger partial charge is 0.241 e. The lowest BCUT2D eigenvalue weighted by atomic mass is 10.1. The van der Waals surface area contributed by atoms with Gasteiger partial charge in [-0.1, -0.05) is 6.07 Å². The molecule has 1 aliphatic carbocycles. The van der Waals surface area contributed by atoms with Crippen LogP contribution in [0, 0.1) is 19.8 Å². The van der Waals surface area contributed by atoms with Crippen LogP contribution in [0.5, 0.6) is 0 Å². The number of anilines is 1. The zero-order valence-corrected chi connectivity index (χ0v) is 12.7. The molecule has 0 aliphatic heterocycles. The minimum Gasteiger partial charge on any atom is -0.398 e. The molecule has 2 rings (SSSR count). The maximum Gasteiger partial charge on any atom is 0.241 e. The lowest BCUT2D eigenvalue weighted by Crippen LogP contribution is -2.30. The second kappa shape index (κ2) is 5.71. The Balaban J connectivity index is 2.17. The Morgan fingerprint density at radius 1 is 1.35 bits per heavy atom. The van der Waals surface area contributed by atoms with Gasteiger partial charge in [-0.3, -0.25) is 0 Å². The molecule has 0 spiro atoms. The van der Waals surface area contributed by atoms with E-state index < -0.39 is 10.0 Å². The van der Waals surface area contributed by atoms with Gasteiger partial charge in [0, 0.05) is 12.2 Å². The number of benzene rings is 1. The molecule has 2 unspecified atom stereocenters. The molecular weight excluding hydrogens is 276 g/mol. The summed E-state index contributed by atoms with van der Waals surface area (Å²) >= 11 is 0. The monoisotopic (exact) mass is 298 g/mol. The molecule has 1 saturated carbocycles. The van der Waals surface area contributed by atoms with Gasteiger partial charge in [-0.15, -0.1) is 0 Å². The average Bonchev–Trinajstić information content (AvgIpc) is 2.78. The molecular formula is C14H22N2O3S. The topological polar surface area (TPSA) is 92.4 Å². The quantitative estimate of drug-likeness (QED) is 0.731. The van der Waals surface area contributed by atoms with Gasteiger partial charge in [-0.25, -0.2) is 13.1 Å². The SMILES string of the molecule is Cc1ccc(N)c(C)c1S(=O)(=O)NCC1CCC(O)C1. The molecule has 1 fully saturated rings. The molecule has 5 nitrogen and oxygen atoms in total. The number of nitrogens with two attached hydrogens (primary N) is 1. The van der Waals surface area contributed by atoms with Crippen molar-refractivity contribution in [2.75, 3.05) is 12.3 Å². The van der Waals surface area contributed by atoms with Crippen LogP contribution < -0.4 is 10.5 Å². The minimum atomic E-state index is -3.56. The Labute approximate surface area is 120 Å². The maximum absolute atomic E-state index is 12.4. The summed E-state index contributed by atoms with van der Waals surface area (Å²) in [5, 5.41) is 9.48. The van der Waals surface area contributed by atoms with Crippen LogP contribution in [0.15, 0.2) is 17.0 Å². The fourth-order valence-corrected chi connectivity index (χ4v) is 4.40. The van der Waals surface area contributed by atoms with Crippen molar-refractivity contribution in [1.29, 1.82) is 0 Å². The molecule has 0 saturated heterocycles. The van der Waals surface area contributed by atoms with Crippen molar-refractivity contribution in [2.24, 2.45) is 5.92 Å². The first kappa shape index (κ1) is 15.3. The van der Waals surface area contributed by atoms with Crippen LogP contribution >= 0.6 is 0 Å². The Morgan fingerprint density at radius 3 is 2.65 bits per heavy atom. The molecule has 0 bridgehead atoms. The van der Waals surface area contributed by atoms with Crippen molar-refractivity contribution in [1.82, 2.24) is 4.72 Å². The Kier molecular flexibility index (Phi) is 4.36. The fraction of sp³-hybridized carbons (Fsp3) is 0.571. The molecule has 0 amide bonds. The Hall–Kier alpha value is -1.11. The number of hydrogen-bond acceptors (Lipinski definition) is 4. The molecule has 0 heterocycles. The standard InChI is InChI=1S/C14H22N2O3S/c1-9-3-6-13(15)10(2)14(9)20(18,19)16-8-11-4-5-12(17)7-11/h3,6,11-12,16-17H,4-5,7-8,15H2,1-2H3. The van der Waals surface area contributed by atoms with Crippen LogP contribution in [0.2, 0.25) is 0 Å². The van der Waals surface area contributed by atoms with Crippen molar-refractivity contribution in [3.05, 3.63) is 23.3 Å². The Morgan fingerprint density at radius 2 is 2.05 bits per heavy atom. The maximum atomic E-state index is 12.4. The predicted molar refractivity (Wildman–Crippen MR) is 78.9 cm³/mol. The van der Waals surface area contributed by atoms with E-state index in [1.165, 1.54) is 0 Å². The zero-order valence-electron chi connectivity index (χ0n) is 11.9. The van der Waals surface area contributed by atoms with Gasteiger partial charge in [0.15, 0.2) is 0 Å². The van der Waals surface area contributed by atoms with Gasteiger partial charge < -0.3 is 10.8 Å². The normalized spacial score (nSPS) is 23.1. The number of aliphatic hydroxyl groups excluding tert-OH is 1. The van der Waals surface area contributed by atoms with Crippen molar-refractivity contribution >= 4 is 15.7 Å². The van der Waals surface area contributed by atoms with Gasteiger partial charge in [-0.2, -0.15) is 0 Å². The van der Waals surface area contributed by atoms with Gasteiger partial charge in [-0.05, 0) is 56.2 Å². The number of nitrogens with one attached hydrogen (secondary N) is 1. The van der Waals surface area contributed by atoms with Crippen LogP contribution in [-0.2, 0) is 10.0 Å². The third kappa shape index (κ3) is 3.13. The summed E-state index contributed by atoms with van der Waals surface area (Å²) in [4.78, 5) is 0.274. The molecule has 1 aromatic rings. The third-order valence-corrected chi connectivity index (χ3v) is 5.70. The minimum absolute atomic E-state index is 0.210. The summed E-state index contributed by atoms with van der Waals surface area (Å²) in [6.07, 6.45) is 1.99. The second-order valence-electron chi connectivity index (χ2n) is 5.61. The summed E-state index contributed by atoms with van der Waals surface area (Å²) in [5.41, 5.74) is 7.55. The highest BCUT2D eigenvalue weighted by Gasteiger charge is 2.26. The highest BCUT2D eigenvalue weighted by atomic mass is 32.2. The predicted octanol–water partition coefficient (Wildman–Crippen LogP) is 1.32. The zero-order chi connectivity index (χ0) is 14.9. The van der Waals surface area contributed by atoms with Gasteiger partial charge in [0.1, 0.15) is 0 Å². The fourth-order valence-electron chi connectivity index (χ4n) is 2.79. The van der Waals surface area contributed by atoms with Crippen molar-refractivity contribution in [3.63, 3.8) is 0 Å². The van der Waals surface area contributed by atoms with E-state index in [4.69, 9.17) is 5.73 Å². The number of aliphatic hydroxyl groups is 1. The van der Waals surface area contributed by atoms with Crippen LogP contribution in [0.1, 0.15) is 30.4 Å². The molecule has 20 heavy (non-hydrogen) atoms. The van der Waals surface area contributed by atoms with Crippen molar-refractivity contribution < 1.29 is 13.5 Å². The summed E-state index contributed by atoms with van der Waals surface area (Å²) in [7, 11) is -3.56. The molecule has 112 valence electrons. The van der Waals surface area contributed by atoms with Crippen LogP contribution in [0.3, 0.4) is 0 Å². The van der Waals surface area contributed by atoms with E-state index >= 15 is 0 Å². The van der Waals surface area contributed by atoms with Crippen LogP contribution in [0.4, 0.5) is 5.69 Å². The van der Waals surface area contributed by atoms with E-state index in [2.05, 4.69) is 4.72 Å². The largest absolute Gasteiger partial charge is 0.398 e. The molecule has 0 aromatic heterocycles. The summed E-state index contributed by atoms with van der Waals surface area (Å²) in [6, 6.07) is 3.44. The molecule has 0 radical (unpaired) electrons. The highest BCUT2D eigenvalue weighted by molar-refractivity contribution is 7.89. The third-order valence-electron chi connectivity index (χ3n) is 3.99. The first-order valence-electron chi connectivity index (χ1n) is 6.84.